The van der Waals surface area contributed by atoms with E-state index in [2.05, 4.69) is 34.8 Å². The Labute approximate surface area is 160 Å². The lowest BCUT2D eigenvalue weighted by Crippen LogP contribution is -2.10. The second-order valence-corrected chi connectivity index (χ2v) is 8.79. The molecule has 2 heterocycles. The van der Waals surface area contributed by atoms with Gasteiger partial charge in [0.25, 0.3) is 0 Å². The lowest BCUT2D eigenvalue weighted by Gasteiger charge is -2.12. The van der Waals surface area contributed by atoms with Gasteiger partial charge in [-0.05, 0) is 31.5 Å². The molecule has 3 N–H and O–H groups in total. The van der Waals surface area contributed by atoms with E-state index in [1.165, 1.54) is 11.6 Å². The van der Waals surface area contributed by atoms with Gasteiger partial charge in [-0.15, -0.1) is 0 Å². The summed E-state index contributed by atoms with van der Waals surface area (Å²) in [5.41, 5.74) is 11.1. The van der Waals surface area contributed by atoms with Crippen molar-refractivity contribution in [1.29, 1.82) is 0 Å². The molecule has 0 aliphatic rings. The first-order chi connectivity index (χ1) is 12.9. The zero-order chi connectivity index (χ0) is 19.6. The standard InChI is InChI=1S/C20H24N5OP/c1-5-18(26)15-12-22-19(21)10-17(15)23-14-8-6-7-13(9-14)16-11-20(27(3)4)25(2)24-16/h6-12H,5H2,1-4H3,(H3,21,22,23). The summed E-state index contributed by atoms with van der Waals surface area (Å²) in [5, 5.41) is 7.96. The fraction of sp³-hybridized carbons (Fsp3) is 0.250. The summed E-state index contributed by atoms with van der Waals surface area (Å²) in [6.45, 7) is 6.26. The first-order valence-corrected chi connectivity index (χ1v) is 11.0. The topological polar surface area (TPSA) is 85.8 Å². The molecule has 0 unspecified atom stereocenters. The molecule has 0 saturated carbocycles. The van der Waals surface area contributed by atoms with Crippen molar-refractivity contribution in [3.8, 4) is 11.3 Å². The maximum Gasteiger partial charge on any atom is 0.166 e. The van der Waals surface area contributed by atoms with E-state index in [9.17, 15) is 4.79 Å². The molecule has 0 spiro atoms. The smallest absolute Gasteiger partial charge is 0.166 e. The molecule has 27 heavy (non-hydrogen) atoms. The van der Waals surface area contributed by atoms with E-state index >= 15 is 0 Å². The van der Waals surface area contributed by atoms with E-state index in [0.717, 1.165) is 16.9 Å². The number of nitrogen functional groups attached to an aromatic ring is 1. The summed E-state index contributed by atoms with van der Waals surface area (Å²) in [5.74, 6) is 0.393. The number of rotatable bonds is 6. The summed E-state index contributed by atoms with van der Waals surface area (Å²) in [4.78, 5) is 16.2. The Hall–Kier alpha value is -2.72. The van der Waals surface area contributed by atoms with Crippen LogP contribution in [0.25, 0.3) is 11.3 Å². The normalized spacial score (nSPS) is 11.0. The summed E-state index contributed by atoms with van der Waals surface area (Å²) in [6, 6.07) is 11.8. The van der Waals surface area contributed by atoms with Crippen LogP contribution in [0.5, 0.6) is 0 Å². The van der Waals surface area contributed by atoms with Crippen molar-refractivity contribution in [2.75, 3.05) is 24.4 Å². The fourth-order valence-corrected chi connectivity index (χ4v) is 3.92. The molecular weight excluding hydrogens is 357 g/mol. The van der Waals surface area contributed by atoms with Crippen LogP contribution in [0.1, 0.15) is 23.7 Å². The predicted molar refractivity (Wildman–Crippen MR) is 114 cm³/mol. The number of benzene rings is 1. The van der Waals surface area contributed by atoms with Crippen molar-refractivity contribution >= 4 is 36.3 Å². The Morgan fingerprint density at radius 2 is 2.04 bits per heavy atom. The van der Waals surface area contributed by atoms with Crippen LogP contribution in [-0.2, 0) is 7.05 Å². The van der Waals surface area contributed by atoms with Gasteiger partial charge >= 0.3 is 0 Å². The number of Topliss-reactive ketones (excluding diaryl/α,β-unsaturated/α-hetero) is 1. The number of pyridine rings is 1. The molecule has 0 atom stereocenters. The summed E-state index contributed by atoms with van der Waals surface area (Å²) < 4.78 is 1.95. The predicted octanol–water partition coefficient (Wildman–Crippen LogP) is 3.77. The Morgan fingerprint density at radius 1 is 1.26 bits per heavy atom. The molecule has 0 aliphatic carbocycles. The Balaban J connectivity index is 1.95. The Bertz CT molecular complexity index is 980. The van der Waals surface area contributed by atoms with Crippen LogP contribution >= 0.6 is 7.92 Å². The number of ketones is 1. The molecule has 140 valence electrons. The van der Waals surface area contributed by atoms with Gasteiger partial charge in [0.05, 0.1) is 22.4 Å². The van der Waals surface area contributed by atoms with Gasteiger partial charge in [-0.25, -0.2) is 4.98 Å². The van der Waals surface area contributed by atoms with Gasteiger partial charge in [-0.3, -0.25) is 9.48 Å². The highest BCUT2D eigenvalue weighted by molar-refractivity contribution is 7.63. The van der Waals surface area contributed by atoms with Crippen LogP contribution in [0.3, 0.4) is 0 Å². The van der Waals surface area contributed by atoms with Gasteiger partial charge in [0.15, 0.2) is 5.78 Å². The van der Waals surface area contributed by atoms with Crippen LogP contribution in [0, 0.1) is 0 Å². The van der Waals surface area contributed by atoms with Gasteiger partial charge in [-0.1, -0.05) is 27.0 Å². The van der Waals surface area contributed by atoms with Crippen molar-refractivity contribution < 1.29 is 4.79 Å². The molecule has 2 aromatic heterocycles. The number of carbonyl (C=O) groups excluding carboxylic acids is 1. The van der Waals surface area contributed by atoms with Crippen LogP contribution in [0.2, 0.25) is 0 Å². The number of anilines is 3. The minimum atomic E-state index is -0.224. The van der Waals surface area contributed by atoms with E-state index < -0.39 is 0 Å². The monoisotopic (exact) mass is 381 g/mol. The fourth-order valence-electron chi connectivity index (χ4n) is 2.92. The highest BCUT2D eigenvalue weighted by Gasteiger charge is 2.13. The number of nitrogens with two attached hydrogens (primary N) is 1. The van der Waals surface area contributed by atoms with Gasteiger partial charge in [0.1, 0.15) is 5.82 Å². The van der Waals surface area contributed by atoms with Gasteiger partial charge in [-0.2, -0.15) is 5.10 Å². The lowest BCUT2D eigenvalue weighted by atomic mass is 10.1. The summed E-state index contributed by atoms with van der Waals surface area (Å²) >= 11 is 0. The summed E-state index contributed by atoms with van der Waals surface area (Å²) in [7, 11) is 1.75. The number of hydrogen-bond acceptors (Lipinski definition) is 5. The third-order valence-corrected chi connectivity index (χ3v) is 5.63. The summed E-state index contributed by atoms with van der Waals surface area (Å²) in [6.07, 6.45) is 1.94. The number of aromatic nitrogens is 3. The molecule has 0 bridgehead atoms. The second-order valence-electron chi connectivity index (χ2n) is 6.54. The van der Waals surface area contributed by atoms with E-state index in [-0.39, 0.29) is 13.7 Å². The van der Waals surface area contributed by atoms with Crippen LogP contribution < -0.4 is 16.5 Å². The van der Waals surface area contributed by atoms with E-state index in [1.807, 2.05) is 42.9 Å². The molecule has 0 saturated heterocycles. The highest BCUT2D eigenvalue weighted by Crippen LogP contribution is 2.29. The average Bonchev–Trinajstić information content (AvgIpc) is 3.03. The number of aryl methyl sites for hydroxylation is 1. The van der Waals surface area contributed by atoms with Crippen molar-refractivity contribution in [2.45, 2.75) is 13.3 Å². The molecular formula is C20H24N5OP. The number of nitrogens with zero attached hydrogens (tertiary/aromatic N) is 3. The number of hydrogen-bond donors (Lipinski definition) is 2. The number of nitrogens with one attached hydrogen (secondary N) is 1. The lowest BCUT2D eigenvalue weighted by molar-refractivity contribution is 0.0988. The molecule has 3 aromatic rings. The third kappa shape index (κ3) is 4.17. The molecule has 7 heteroatoms. The Morgan fingerprint density at radius 3 is 2.70 bits per heavy atom. The quantitative estimate of drug-likeness (QED) is 0.501. The first kappa shape index (κ1) is 19.1. The van der Waals surface area contributed by atoms with Crippen LogP contribution in [-0.4, -0.2) is 33.9 Å². The largest absolute Gasteiger partial charge is 0.384 e. The van der Waals surface area contributed by atoms with Gasteiger partial charge in [0.2, 0.25) is 0 Å². The zero-order valence-electron chi connectivity index (χ0n) is 16.0. The highest BCUT2D eigenvalue weighted by atomic mass is 31.1. The minimum absolute atomic E-state index is 0.0229. The molecule has 0 fully saturated rings. The second kappa shape index (κ2) is 7.89. The Kier molecular flexibility index (Phi) is 5.57. The van der Waals surface area contributed by atoms with E-state index in [4.69, 9.17) is 5.73 Å². The molecule has 3 rings (SSSR count). The van der Waals surface area contributed by atoms with Crippen LogP contribution in [0.4, 0.5) is 17.2 Å². The van der Waals surface area contributed by atoms with Crippen molar-refractivity contribution in [1.82, 2.24) is 14.8 Å². The van der Waals surface area contributed by atoms with E-state index in [1.54, 1.807) is 6.07 Å². The van der Waals surface area contributed by atoms with Gasteiger partial charge < -0.3 is 11.1 Å². The molecule has 0 aliphatic heterocycles. The van der Waals surface area contributed by atoms with Crippen molar-refractivity contribution in [3.05, 3.63) is 48.2 Å². The zero-order valence-corrected chi connectivity index (χ0v) is 16.9. The minimum Gasteiger partial charge on any atom is -0.384 e. The van der Waals surface area contributed by atoms with Crippen molar-refractivity contribution in [3.63, 3.8) is 0 Å². The van der Waals surface area contributed by atoms with Crippen LogP contribution in [0.15, 0.2) is 42.6 Å². The van der Waals surface area contributed by atoms with Gasteiger partial charge in [0, 0.05) is 37.0 Å². The molecule has 1 aromatic carbocycles. The van der Waals surface area contributed by atoms with E-state index in [0.29, 0.717) is 23.5 Å². The average molecular weight is 381 g/mol. The SMILES string of the molecule is CCC(=O)c1cnc(N)cc1Nc1cccc(-c2cc(P(C)C)n(C)n2)c1. The first-order valence-electron chi connectivity index (χ1n) is 8.76. The molecule has 0 radical (unpaired) electrons. The molecule has 0 amide bonds. The van der Waals surface area contributed by atoms with Crippen molar-refractivity contribution in [2.24, 2.45) is 7.05 Å². The molecule has 6 nitrogen and oxygen atoms in total. The maximum atomic E-state index is 12.2. The third-order valence-electron chi connectivity index (χ3n) is 4.30. The number of carbonyl (C=O) groups is 1. The maximum absolute atomic E-state index is 12.2.